The number of nitrogens with two attached hydrogens (primary N) is 1. The predicted molar refractivity (Wildman–Crippen MR) is 84.2 cm³/mol. The second kappa shape index (κ2) is 5.24. The summed E-state index contributed by atoms with van der Waals surface area (Å²) in [5.41, 5.74) is 7.29. The van der Waals surface area contributed by atoms with Gasteiger partial charge in [0, 0.05) is 35.7 Å². The molecule has 2 unspecified atom stereocenters. The first-order valence-electron chi connectivity index (χ1n) is 8.57. The monoisotopic (exact) mass is 286 g/mol. The van der Waals surface area contributed by atoms with Crippen LogP contribution in [0.25, 0.3) is 0 Å². The van der Waals surface area contributed by atoms with E-state index in [1.807, 2.05) is 6.07 Å². The van der Waals surface area contributed by atoms with Crippen LogP contribution in [0, 0.1) is 0 Å². The fraction of sp³-hybridized carbons (Fsp3) is 0.765. The molecule has 2 aliphatic heterocycles. The molecule has 2 N–H and O–H groups in total. The van der Waals surface area contributed by atoms with Crippen LogP contribution in [0.2, 0.25) is 0 Å². The molecular formula is C17H26N4. The molecule has 2 saturated heterocycles. The molecule has 1 saturated carbocycles. The molecule has 2 bridgehead atoms. The summed E-state index contributed by atoms with van der Waals surface area (Å²) in [5, 5.41) is 0. The van der Waals surface area contributed by atoms with Crippen molar-refractivity contribution in [2.45, 2.75) is 75.3 Å². The lowest BCUT2D eigenvalue weighted by atomic mass is 9.90. The molecule has 1 aliphatic carbocycles. The van der Waals surface area contributed by atoms with Crippen molar-refractivity contribution in [2.24, 2.45) is 0 Å². The third kappa shape index (κ3) is 2.44. The Bertz CT molecular complexity index is 510. The van der Waals surface area contributed by atoms with Crippen LogP contribution in [-0.4, -0.2) is 34.0 Å². The molecule has 21 heavy (non-hydrogen) atoms. The molecule has 0 spiro atoms. The second-order valence-electron chi connectivity index (χ2n) is 7.28. The molecule has 4 rings (SSSR count). The number of aromatic nitrogens is 2. The highest BCUT2D eigenvalue weighted by atomic mass is 15.2. The molecule has 3 heterocycles. The first kappa shape index (κ1) is 13.5. The van der Waals surface area contributed by atoms with Gasteiger partial charge in [-0.1, -0.05) is 12.8 Å². The van der Waals surface area contributed by atoms with E-state index in [-0.39, 0.29) is 0 Å². The maximum Gasteiger partial charge on any atom is 0.134 e. The predicted octanol–water partition coefficient (Wildman–Crippen LogP) is 3.06. The van der Waals surface area contributed by atoms with E-state index < -0.39 is 0 Å². The van der Waals surface area contributed by atoms with Gasteiger partial charge in [-0.25, -0.2) is 9.97 Å². The average Bonchev–Trinajstić information content (AvgIpc) is 3.05. The molecule has 0 radical (unpaired) electrons. The number of hydrogen-bond acceptors (Lipinski definition) is 4. The van der Waals surface area contributed by atoms with E-state index in [9.17, 15) is 0 Å². The highest BCUT2D eigenvalue weighted by Gasteiger charge is 2.40. The van der Waals surface area contributed by atoms with Gasteiger partial charge in [0.1, 0.15) is 11.6 Å². The average molecular weight is 286 g/mol. The van der Waals surface area contributed by atoms with Crippen LogP contribution in [-0.2, 0) is 0 Å². The van der Waals surface area contributed by atoms with Crippen LogP contribution < -0.4 is 5.73 Å². The molecule has 3 aliphatic rings. The summed E-state index contributed by atoms with van der Waals surface area (Å²) in [6.07, 6.45) is 10.3. The largest absolute Gasteiger partial charge is 0.384 e. The van der Waals surface area contributed by atoms with Gasteiger partial charge < -0.3 is 10.6 Å². The van der Waals surface area contributed by atoms with Crippen LogP contribution in [0.3, 0.4) is 0 Å². The SMILES string of the molecule is CN1C2CCC1CC(c1nc(N)cc(C3CCCC3)n1)C2. The summed E-state index contributed by atoms with van der Waals surface area (Å²) in [7, 11) is 2.28. The summed E-state index contributed by atoms with van der Waals surface area (Å²) in [6, 6.07) is 3.48. The van der Waals surface area contributed by atoms with Crippen molar-refractivity contribution in [3.8, 4) is 0 Å². The van der Waals surface area contributed by atoms with Crippen molar-refractivity contribution >= 4 is 5.82 Å². The summed E-state index contributed by atoms with van der Waals surface area (Å²) in [5.74, 6) is 2.84. The Kier molecular flexibility index (Phi) is 3.37. The zero-order valence-corrected chi connectivity index (χ0v) is 13.0. The van der Waals surface area contributed by atoms with E-state index in [1.54, 1.807) is 0 Å². The van der Waals surface area contributed by atoms with Gasteiger partial charge in [0.05, 0.1) is 0 Å². The Morgan fingerprint density at radius 2 is 1.67 bits per heavy atom. The second-order valence-corrected chi connectivity index (χ2v) is 7.28. The minimum atomic E-state index is 0.516. The van der Waals surface area contributed by atoms with Crippen molar-refractivity contribution in [1.82, 2.24) is 14.9 Å². The zero-order chi connectivity index (χ0) is 14.4. The standard InChI is InChI=1S/C17H26N4/c1-21-13-6-7-14(21)9-12(8-13)17-19-15(10-16(18)20-17)11-4-2-3-5-11/h10-14H,2-9H2,1H3,(H2,18,19,20). The van der Waals surface area contributed by atoms with Crippen molar-refractivity contribution < 1.29 is 0 Å². The lowest BCUT2D eigenvalue weighted by molar-refractivity contribution is 0.159. The Balaban J connectivity index is 1.60. The summed E-state index contributed by atoms with van der Waals surface area (Å²) >= 11 is 0. The van der Waals surface area contributed by atoms with Gasteiger partial charge in [-0.15, -0.1) is 0 Å². The van der Waals surface area contributed by atoms with Gasteiger partial charge in [0.2, 0.25) is 0 Å². The number of rotatable bonds is 2. The molecule has 0 aromatic carbocycles. The quantitative estimate of drug-likeness (QED) is 0.908. The minimum Gasteiger partial charge on any atom is -0.384 e. The van der Waals surface area contributed by atoms with Gasteiger partial charge in [0.15, 0.2) is 0 Å². The highest BCUT2D eigenvalue weighted by molar-refractivity contribution is 5.32. The summed E-state index contributed by atoms with van der Waals surface area (Å²) in [6.45, 7) is 0. The topological polar surface area (TPSA) is 55.0 Å². The molecule has 4 heteroatoms. The van der Waals surface area contributed by atoms with Gasteiger partial charge in [-0.3, -0.25) is 0 Å². The minimum absolute atomic E-state index is 0.516. The van der Waals surface area contributed by atoms with E-state index in [1.165, 1.54) is 57.1 Å². The maximum absolute atomic E-state index is 6.08. The number of nitrogens with zero attached hydrogens (tertiary/aromatic N) is 3. The van der Waals surface area contributed by atoms with E-state index in [0.29, 0.717) is 17.7 Å². The fourth-order valence-corrected chi connectivity index (χ4v) is 4.74. The Morgan fingerprint density at radius 3 is 2.33 bits per heavy atom. The number of piperidine rings is 1. The molecule has 2 atom stereocenters. The lowest BCUT2D eigenvalue weighted by Gasteiger charge is -2.35. The molecule has 1 aromatic heterocycles. The number of hydrogen-bond donors (Lipinski definition) is 1. The fourth-order valence-electron chi connectivity index (χ4n) is 4.74. The third-order valence-corrected chi connectivity index (χ3v) is 6.02. The van der Waals surface area contributed by atoms with E-state index >= 15 is 0 Å². The van der Waals surface area contributed by atoms with Crippen LogP contribution in [0.4, 0.5) is 5.82 Å². The van der Waals surface area contributed by atoms with Crippen LogP contribution in [0.1, 0.15) is 74.7 Å². The van der Waals surface area contributed by atoms with E-state index in [0.717, 1.165) is 17.9 Å². The Labute approximate surface area is 127 Å². The normalized spacial score (nSPS) is 33.7. The van der Waals surface area contributed by atoms with Gasteiger partial charge in [0.25, 0.3) is 0 Å². The van der Waals surface area contributed by atoms with Gasteiger partial charge in [-0.2, -0.15) is 0 Å². The van der Waals surface area contributed by atoms with Crippen molar-refractivity contribution in [1.29, 1.82) is 0 Å². The number of anilines is 1. The van der Waals surface area contributed by atoms with E-state index in [2.05, 4.69) is 16.9 Å². The first-order valence-corrected chi connectivity index (χ1v) is 8.57. The molecule has 3 fully saturated rings. The smallest absolute Gasteiger partial charge is 0.134 e. The summed E-state index contributed by atoms with van der Waals surface area (Å²) in [4.78, 5) is 12.1. The molecule has 4 nitrogen and oxygen atoms in total. The lowest BCUT2D eigenvalue weighted by Crippen LogP contribution is -2.39. The van der Waals surface area contributed by atoms with Crippen molar-refractivity contribution in [3.05, 3.63) is 17.6 Å². The van der Waals surface area contributed by atoms with Crippen molar-refractivity contribution in [2.75, 3.05) is 12.8 Å². The molecule has 0 amide bonds. The molecule has 114 valence electrons. The zero-order valence-electron chi connectivity index (χ0n) is 13.0. The molecular weight excluding hydrogens is 260 g/mol. The van der Waals surface area contributed by atoms with E-state index in [4.69, 9.17) is 10.7 Å². The highest BCUT2D eigenvalue weighted by Crippen LogP contribution is 2.42. The molecule has 1 aromatic rings. The third-order valence-electron chi connectivity index (χ3n) is 6.02. The van der Waals surface area contributed by atoms with Crippen LogP contribution >= 0.6 is 0 Å². The van der Waals surface area contributed by atoms with Gasteiger partial charge >= 0.3 is 0 Å². The first-order chi connectivity index (χ1) is 10.2. The van der Waals surface area contributed by atoms with Crippen LogP contribution in [0.5, 0.6) is 0 Å². The Hall–Kier alpha value is -1.16. The van der Waals surface area contributed by atoms with Crippen LogP contribution in [0.15, 0.2) is 6.07 Å². The van der Waals surface area contributed by atoms with Gasteiger partial charge in [-0.05, 0) is 45.6 Å². The number of fused-ring (bicyclic) bond motifs is 2. The summed E-state index contributed by atoms with van der Waals surface area (Å²) < 4.78 is 0. The number of nitrogen functional groups attached to an aromatic ring is 1. The Morgan fingerprint density at radius 1 is 1.00 bits per heavy atom. The van der Waals surface area contributed by atoms with Crippen molar-refractivity contribution in [3.63, 3.8) is 0 Å². The maximum atomic E-state index is 6.08.